The number of benzene rings is 1. The predicted octanol–water partition coefficient (Wildman–Crippen LogP) is 9.36. The Morgan fingerprint density at radius 3 is 1.75 bits per heavy atom. The maximum Gasteiger partial charge on any atom is 0.228 e. The summed E-state index contributed by atoms with van der Waals surface area (Å²) >= 11 is 23.6. The summed E-state index contributed by atoms with van der Waals surface area (Å²) in [7, 11) is 0. The number of aryl methyl sites for hydroxylation is 1. The number of carbonyl (C=O) groups is 1. The molecule has 0 fully saturated rings. The van der Waals surface area contributed by atoms with Gasteiger partial charge in [-0.1, -0.05) is 150 Å². The molecule has 0 spiro atoms. The molecule has 0 radical (unpaired) electrons. The van der Waals surface area contributed by atoms with Gasteiger partial charge in [-0.25, -0.2) is 0 Å². The molecule has 0 heterocycles. The number of thiocarbonyl (C=S) groups is 1. The van der Waals surface area contributed by atoms with E-state index < -0.39 is 9.96 Å². The highest BCUT2D eigenvalue weighted by molar-refractivity contribution is 7.80. The fourth-order valence-corrected chi connectivity index (χ4v) is 4.65. The fraction of sp³-hybridized carbons (Fsp3) is 0.714. The van der Waals surface area contributed by atoms with Crippen LogP contribution in [0.15, 0.2) is 24.3 Å². The van der Waals surface area contributed by atoms with Crippen LogP contribution in [0.5, 0.6) is 0 Å². The minimum atomic E-state index is -1.75. The Balaban J connectivity index is 2.12. The number of hydrogen-bond acceptors (Lipinski definition) is 2. The second-order valence-electron chi connectivity index (χ2n) is 9.66. The summed E-state index contributed by atoms with van der Waals surface area (Å²) in [5.41, 5.74) is 1.88. The first-order valence-corrected chi connectivity index (χ1v) is 15.3. The molecule has 1 aromatic carbocycles. The molecule has 8 heteroatoms. The van der Waals surface area contributed by atoms with E-state index in [9.17, 15) is 4.79 Å². The van der Waals surface area contributed by atoms with E-state index in [0.717, 1.165) is 30.5 Å². The number of amides is 1. The van der Waals surface area contributed by atoms with Crippen molar-refractivity contribution >= 4 is 63.7 Å². The van der Waals surface area contributed by atoms with Gasteiger partial charge >= 0.3 is 0 Å². The van der Waals surface area contributed by atoms with Gasteiger partial charge in [-0.05, 0) is 37.2 Å². The van der Waals surface area contributed by atoms with Gasteiger partial charge < -0.3 is 16.0 Å². The first-order valence-electron chi connectivity index (χ1n) is 13.7. The maximum absolute atomic E-state index is 12.4. The summed E-state index contributed by atoms with van der Waals surface area (Å²) in [6.45, 7) is 4.24. The molecule has 1 amide bonds. The van der Waals surface area contributed by atoms with Gasteiger partial charge in [0.25, 0.3) is 0 Å². The third kappa shape index (κ3) is 16.9. The molecule has 0 aliphatic carbocycles. The van der Waals surface area contributed by atoms with E-state index in [4.69, 9.17) is 47.0 Å². The van der Waals surface area contributed by atoms with Crippen molar-refractivity contribution in [3.63, 3.8) is 0 Å². The van der Waals surface area contributed by atoms with E-state index in [1.807, 2.05) is 31.2 Å². The van der Waals surface area contributed by atoms with Crippen LogP contribution in [-0.4, -0.2) is 21.0 Å². The van der Waals surface area contributed by atoms with Crippen LogP contribution in [0.1, 0.15) is 115 Å². The summed E-state index contributed by atoms with van der Waals surface area (Å²) in [6.07, 6.45) is 18.7. The van der Waals surface area contributed by atoms with Crippen LogP contribution in [0.25, 0.3) is 0 Å². The lowest BCUT2D eigenvalue weighted by atomic mass is 10.0. The average Bonchev–Trinajstić information content (AvgIpc) is 2.82. The average molecular weight is 579 g/mol. The number of unbranched alkanes of at least 4 members (excludes halogenated alkanes) is 14. The first kappa shape index (κ1) is 33.3. The molecular formula is C28H46Cl3N3OS. The number of hydrogen-bond donors (Lipinski definition) is 3. The van der Waals surface area contributed by atoms with Crippen LogP contribution in [0.2, 0.25) is 0 Å². The Labute approximate surface area is 240 Å². The van der Waals surface area contributed by atoms with E-state index in [2.05, 4.69) is 22.9 Å². The highest BCUT2D eigenvalue weighted by atomic mass is 35.6. The van der Waals surface area contributed by atoms with Gasteiger partial charge in [0.1, 0.15) is 6.17 Å². The van der Waals surface area contributed by atoms with Crippen molar-refractivity contribution in [1.82, 2.24) is 10.6 Å². The van der Waals surface area contributed by atoms with Crippen molar-refractivity contribution < 1.29 is 4.79 Å². The number of alkyl halides is 3. The summed E-state index contributed by atoms with van der Waals surface area (Å²) in [5.74, 6) is -0.160. The van der Waals surface area contributed by atoms with Crippen LogP contribution in [0, 0.1) is 6.92 Å². The monoisotopic (exact) mass is 577 g/mol. The molecule has 4 nitrogen and oxygen atoms in total. The minimum absolute atomic E-state index is 0.160. The largest absolute Gasteiger partial charge is 0.339 e. The highest BCUT2D eigenvalue weighted by Crippen LogP contribution is 2.29. The van der Waals surface area contributed by atoms with E-state index in [1.54, 1.807) is 0 Å². The molecule has 0 aromatic heterocycles. The Kier molecular flexibility index (Phi) is 18.7. The van der Waals surface area contributed by atoms with Crippen molar-refractivity contribution in [3.05, 3.63) is 29.8 Å². The predicted molar refractivity (Wildman–Crippen MR) is 162 cm³/mol. The number of nitrogens with one attached hydrogen (secondary N) is 3. The van der Waals surface area contributed by atoms with Crippen molar-refractivity contribution in [1.29, 1.82) is 0 Å². The van der Waals surface area contributed by atoms with Gasteiger partial charge in [-0.2, -0.15) is 0 Å². The van der Waals surface area contributed by atoms with Gasteiger partial charge in [0.05, 0.1) is 0 Å². The number of halogens is 3. The Bertz CT molecular complexity index is 743. The molecule has 0 bridgehead atoms. The Hall–Kier alpha value is -0.750. The highest BCUT2D eigenvalue weighted by Gasteiger charge is 2.34. The molecule has 3 N–H and O–H groups in total. The van der Waals surface area contributed by atoms with Crippen molar-refractivity contribution in [2.24, 2.45) is 0 Å². The van der Waals surface area contributed by atoms with Gasteiger partial charge in [-0.15, -0.1) is 0 Å². The molecule has 0 saturated carbocycles. The van der Waals surface area contributed by atoms with Crippen LogP contribution in [0.3, 0.4) is 0 Å². The van der Waals surface area contributed by atoms with Gasteiger partial charge in [0.15, 0.2) is 5.11 Å². The van der Waals surface area contributed by atoms with Crippen LogP contribution < -0.4 is 16.0 Å². The standard InChI is InChI=1S/C28H46Cl3N3OS/c1-3-4-5-6-7-8-9-10-11-12-13-14-15-16-17-22-25(35)33-26(28(29,30)31)34-27(36)32-24-21-19-18-20-23(24)2/h18-21,26H,3-17,22H2,1-2H3,(H,33,35)(H2,32,34,36). The zero-order valence-electron chi connectivity index (χ0n) is 22.2. The number of carbonyl (C=O) groups excluding carboxylic acids is 1. The van der Waals surface area contributed by atoms with Crippen molar-refractivity contribution in [2.45, 2.75) is 127 Å². The summed E-state index contributed by atoms with van der Waals surface area (Å²) in [4.78, 5) is 12.4. The fourth-order valence-electron chi connectivity index (χ4n) is 4.09. The van der Waals surface area contributed by atoms with Crippen LogP contribution >= 0.6 is 47.0 Å². The smallest absolute Gasteiger partial charge is 0.228 e. The summed E-state index contributed by atoms with van der Waals surface area (Å²) in [6, 6.07) is 7.72. The summed E-state index contributed by atoms with van der Waals surface area (Å²) < 4.78 is -1.75. The SMILES string of the molecule is CCCCCCCCCCCCCCCCCC(=O)NC(NC(=S)Nc1ccccc1C)C(Cl)(Cl)Cl. The molecule has 1 atom stereocenters. The Morgan fingerprint density at radius 1 is 0.806 bits per heavy atom. The van der Waals surface area contributed by atoms with Gasteiger partial charge in [0, 0.05) is 12.1 Å². The summed E-state index contributed by atoms with van der Waals surface area (Å²) in [5, 5.41) is 9.02. The minimum Gasteiger partial charge on any atom is -0.339 e. The van der Waals surface area contributed by atoms with Gasteiger partial charge in [0.2, 0.25) is 9.70 Å². The van der Waals surface area contributed by atoms with Crippen LogP contribution in [0.4, 0.5) is 5.69 Å². The number of anilines is 1. The Morgan fingerprint density at radius 2 is 1.28 bits per heavy atom. The molecule has 1 rings (SSSR count). The molecule has 0 aliphatic rings. The second-order valence-corrected chi connectivity index (χ2v) is 12.4. The van der Waals surface area contributed by atoms with Gasteiger partial charge in [-0.3, -0.25) is 4.79 Å². The normalized spacial score (nSPS) is 12.2. The molecule has 206 valence electrons. The lowest BCUT2D eigenvalue weighted by Gasteiger charge is -2.28. The lowest BCUT2D eigenvalue weighted by molar-refractivity contribution is -0.122. The van der Waals surface area contributed by atoms with E-state index in [-0.39, 0.29) is 11.0 Å². The quantitative estimate of drug-likeness (QED) is 0.0662. The van der Waals surface area contributed by atoms with Crippen LogP contribution in [-0.2, 0) is 4.79 Å². The second kappa shape index (κ2) is 20.2. The molecule has 0 aliphatic heterocycles. The molecule has 1 unspecified atom stereocenters. The third-order valence-electron chi connectivity index (χ3n) is 6.31. The zero-order chi connectivity index (χ0) is 26.7. The number of rotatable bonds is 19. The lowest BCUT2D eigenvalue weighted by Crippen LogP contribution is -2.56. The van der Waals surface area contributed by atoms with Crippen molar-refractivity contribution in [3.8, 4) is 0 Å². The molecule has 36 heavy (non-hydrogen) atoms. The zero-order valence-corrected chi connectivity index (χ0v) is 25.2. The topological polar surface area (TPSA) is 53.2 Å². The van der Waals surface area contributed by atoms with Crippen molar-refractivity contribution in [2.75, 3.05) is 5.32 Å². The number of para-hydroxylation sites is 1. The molecule has 0 saturated heterocycles. The van der Waals surface area contributed by atoms with E-state index in [1.165, 1.54) is 77.0 Å². The maximum atomic E-state index is 12.4. The molecule has 1 aromatic rings. The van der Waals surface area contributed by atoms with E-state index >= 15 is 0 Å². The molecular weight excluding hydrogens is 533 g/mol. The third-order valence-corrected chi connectivity index (χ3v) is 7.18. The first-order chi connectivity index (χ1) is 17.2. The van der Waals surface area contributed by atoms with E-state index in [0.29, 0.717) is 6.42 Å².